The first-order chi connectivity index (χ1) is 8.63. The molecular formula is C13H26O5S. The molecule has 0 saturated heterocycles. The van der Waals surface area contributed by atoms with Crippen LogP contribution in [0.1, 0.15) is 33.6 Å². The minimum atomic E-state index is -2.90. The Morgan fingerprint density at radius 2 is 1.53 bits per heavy atom. The van der Waals surface area contributed by atoms with Gasteiger partial charge >= 0.3 is 0 Å². The van der Waals surface area contributed by atoms with Gasteiger partial charge in [-0.2, -0.15) is 0 Å². The fraction of sp³-hybridized carbons (Fsp3) is 0.923. The SMILES string of the molecule is CC(C)(C)C(=O)CCOCCOCCCS(C)(=O)=O. The molecule has 0 aromatic rings. The summed E-state index contributed by atoms with van der Waals surface area (Å²) in [6.07, 6.45) is 2.13. The summed E-state index contributed by atoms with van der Waals surface area (Å²) in [5.41, 5.74) is -0.314. The molecule has 0 amide bonds. The number of carbonyl (C=O) groups is 1. The Labute approximate surface area is 116 Å². The molecule has 0 aromatic carbocycles. The first-order valence-corrected chi connectivity index (χ1v) is 8.55. The summed E-state index contributed by atoms with van der Waals surface area (Å²) >= 11 is 0. The van der Waals surface area contributed by atoms with Gasteiger partial charge in [-0.15, -0.1) is 0 Å². The van der Waals surface area contributed by atoms with E-state index >= 15 is 0 Å². The maximum atomic E-state index is 11.6. The maximum Gasteiger partial charge on any atom is 0.147 e. The molecule has 0 aliphatic carbocycles. The van der Waals surface area contributed by atoms with Crippen molar-refractivity contribution < 1.29 is 22.7 Å². The molecule has 0 spiro atoms. The molecule has 0 heterocycles. The van der Waals surface area contributed by atoms with Crippen molar-refractivity contribution in [3.8, 4) is 0 Å². The van der Waals surface area contributed by atoms with E-state index in [1.807, 2.05) is 20.8 Å². The maximum absolute atomic E-state index is 11.6. The highest BCUT2D eigenvalue weighted by atomic mass is 32.2. The zero-order valence-electron chi connectivity index (χ0n) is 12.4. The minimum Gasteiger partial charge on any atom is -0.379 e. The predicted octanol–water partition coefficient (Wildman–Crippen LogP) is 1.46. The molecule has 0 fully saturated rings. The smallest absolute Gasteiger partial charge is 0.147 e. The summed E-state index contributed by atoms with van der Waals surface area (Å²) in [5, 5.41) is 0. The van der Waals surface area contributed by atoms with Gasteiger partial charge in [0.25, 0.3) is 0 Å². The highest BCUT2D eigenvalue weighted by Gasteiger charge is 2.20. The number of ether oxygens (including phenoxy) is 2. The van der Waals surface area contributed by atoms with Crippen LogP contribution in [0.25, 0.3) is 0 Å². The molecule has 0 saturated carbocycles. The molecule has 0 N–H and O–H groups in total. The van der Waals surface area contributed by atoms with Crippen molar-refractivity contribution in [1.29, 1.82) is 0 Å². The van der Waals surface area contributed by atoms with Crippen molar-refractivity contribution in [1.82, 2.24) is 0 Å². The summed E-state index contributed by atoms with van der Waals surface area (Å²) < 4.78 is 32.2. The molecule has 0 bridgehead atoms. The van der Waals surface area contributed by atoms with Gasteiger partial charge < -0.3 is 9.47 Å². The standard InChI is InChI=1S/C13H26O5S/c1-13(2,3)12(14)6-8-18-10-9-17-7-5-11-19(4,15)16/h5-11H2,1-4H3. The van der Waals surface area contributed by atoms with Crippen molar-refractivity contribution >= 4 is 15.6 Å². The van der Waals surface area contributed by atoms with E-state index in [-0.39, 0.29) is 17.0 Å². The molecule has 0 radical (unpaired) electrons. The number of sulfone groups is 1. The Morgan fingerprint density at radius 1 is 1.00 bits per heavy atom. The van der Waals surface area contributed by atoms with Gasteiger partial charge in [-0.25, -0.2) is 8.42 Å². The van der Waals surface area contributed by atoms with Gasteiger partial charge in [0.1, 0.15) is 15.6 Å². The third-order valence-corrected chi connectivity index (χ3v) is 3.52. The lowest BCUT2D eigenvalue weighted by molar-refractivity contribution is -0.127. The van der Waals surface area contributed by atoms with Crippen LogP contribution in [0, 0.1) is 5.41 Å². The summed E-state index contributed by atoms with van der Waals surface area (Å²) in [4.78, 5) is 11.6. The van der Waals surface area contributed by atoms with E-state index in [0.29, 0.717) is 39.3 Å². The van der Waals surface area contributed by atoms with Crippen molar-refractivity contribution in [2.24, 2.45) is 5.41 Å². The number of hydrogen-bond donors (Lipinski definition) is 0. The summed E-state index contributed by atoms with van der Waals surface area (Å²) in [7, 11) is -2.90. The van der Waals surface area contributed by atoms with Crippen LogP contribution in [0.2, 0.25) is 0 Å². The molecule has 0 aromatic heterocycles. The van der Waals surface area contributed by atoms with E-state index in [0.717, 1.165) is 0 Å². The second-order valence-corrected chi connectivity index (χ2v) is 7.89. The lowest BCUT2D eigenvalue weighted by Crippen LogP contribution is -2.21. The molecule has 19 heavy (non-hydrogen) atoms. The molecule has 0 unspecified atom stereocenters. The number of hydrogen-bond acceptors (Lipinski definition) is 5. The Bertz CT molecular complexity index is 354. The second kappa shape index (κ2) is 8.66. The van der Waals surface area contributed by atoms with Gasteiger partial charge in [0.15, 0.2) is 0 Å². The van der Waals surface area contributed by atoms with Crippen LogP contribution in [-0.2, 0) is 24.1 Å². The Morgan fingerprint density at radius 3 is 2.00 bits per heavy atom. The zero-order valence-corrected chi connectivity index (χ0v) is 13.2. The summed E-state index contributed by atoms with van der Waals surface area (Å²) in [5.74, 6) is 0.329. The van der Waals surface area contributed by atoms with E-state index in [1.54, 1.807) is 0 Å². The van der Waals surface area contributed by atoms with Crippen LogP contribution < -0.4 is 0 Å². The lowest BCUT2D eigenvalue weighted by atomic mass is 9.89. The van der Waals surface area contributed by atoms with Gasteiger partial charge in [-0.3, -0.25) is 4.79 Å². The van der Waals surface area contributed by atoms with Crippen molar-refractivity contribution in [2.45, 2.75) is 33.6 Å². The lowest BCUT2D eigenvalue weighted by Gasteiger charge is -2.16. The molecule has 5 nitrogen and oxygen atoms in total. The molecule has 6 heteroatoms. The number of ketones is 1. The minimum absolute atomic E-state index is 0.147. The number of rotatable bonds is 10. The second-order valence-electron chi connectivity index (χ2n) is 5.63. The molecule has 0 atom stereocenters. The Kier molecular flexibility index (Phi) is 8.45. The monoisotopic (exact) mass is 294 g/mol. The van der Waals surface area contributed by atoms with E-state index in [4.69, 9.17) is 9.47 Å². The largest absolute Gasteiger partial charge is 0.379 e. The number of carbonyl (C=O) groups excluding carboxylic acids is 1. The highest BCUT2D eigenvalue weighted by molar-refractivity contribution is 7.90. The topological polar surface area (TPSA) is 69.7 Å². The van der Waals surface area contributed by atoms with Crippen LogP contribution in [-0.4, -0.2) is 52.6 Å². The average molecular weight is 294 g/mol. The first-order valence-electron chi connectivity index (χ1n) is 6.49. The third-order valence-electron chi connectivity index (χ3n) is 2.49. The van der Waals surface area contributed by atoms with Crippen LogP contribution in [0.15, 0.2) is 0 Å². The van der Waals surface area contributed by atoms with E-state index in [9.17, 15) is 13.2 Å². The molecule has 0 rings (SSSR count). The normalized spacial score (nSPS) is 12.6. The van der Waals surface area contributed by atoms with Crippen LogP contribution in [0.5, 0.6) is 0 Å². The van der Waals surface area contributed by atoms with Crippen LogP contribution in [0.3, 0.4) is 0 Å². The van der Waals surface area contributed by atoms with Gasteiger partial charge in [0, 0.05) is 24.7 Å². The van der Waals surface area contributed by atoms with Gasteiger partial charge in [-0.1, -0.05) is 20.8 Å². The fourth-order valence-electron chi connectivity index (χ4n) is 1.29. The fourth-order valence-corrected chi connectivity index (χ4v) is 1.93. The first kappa shape index (κ1) is 18.5. The van der Waals surface area contributed by atoms with Crippen molar-refractivity contribution in [3.05, 3.63) is 0 Å². The Hall–Kier alpha value is -0.460. The third kappa shape index (κ3) is 12.3. The van der Waals surface area contributed by atoms with E-state index in [2.05, 4.69) is 0 Å². The predicted molar refractivity (Wildman–Crippen MR) is 75.0 cm³/mol. The van der Waals surface area contributed by atoms with E-state index in [1.165, 1.54) is 6.26 Å². The molecular weight excluding hydrogens is 268 g/mol. The van der Waals surface area contributed by atoms with Crippen molar-refractivity contribution in [2.75, 3.05) is 38.4 Å². The van der Waals surface area contributed by atoms with Crippen LogP contribution in [0.4, 0.5) is 0 Å². The van der Waals surface area contributed by atoms with E-state index < -0.39 is 9.84 Å². The molecule has 0 aliphatic heterocycles. The van der Waals surface area contributed by atoms with Crippen LogP contribution >= 0.6 is 0 Å². The molecule has 0 aliphatic rings. The summed E-state index contributed by atoms with van der Waals surface area (Å²) in [6, 6.07) is 0. The average Bonchev–Trinajstić information content (AvgIpc) is 2.23. The van der Waals surface area contributed by atoms with Gasteiger partial charge in [0.05, 0.1) is 25.6 Å². The molecule has 114 valence electrons. The summed E-state index contributed by atoms with van der Waals surface area (Å²) in [6.45, 7) is 7.34. The quantitative estimate of drug-likeness (QED) is 0.571. The van der Waals surface area contributed by atoms with Gasteiger partial charge in [0.2, 0.25) is 0 Å². The van der Waals surface area contributed by atoms with Gasteiger partial charge in [-0.05, 0) is 6.42 Å². The highest BCUT2D eigenvalue weighted by Crippen LogP contribution is 2.16. The van der Waals surface area contributed by atoms with Crippen molar-refractivity contribution in [3.63, 3.8) is 0 Å². The Balaban J connectivity index is 3.35. The zero-order chi connectivity index (χ0) is 14.9. The number of Topliss-reactive ketones (excluding diaryl/α,β-unsaturated/α-hetero) is 1.